The fraction of sp³-hybridized carbons (Fsp3) is 0.286. The number of carbonyl (C=O) groups is 2. The number of hydrogen-bond acceptors (Lipinski definition) is 3. The second-order valence-electron chi connectivity index (χ2n) is 4.39. The molecule has 0 saturated heterocycles. The number of aliphatic carboxylic acids is 1. The number of carboxylic acid groups (broad SMARTS) is 1. The van der Waals surface area contributed by atoms with Gasteiger partial charge in [0.25, 0.3) is 5.91 Å². The number of fused-ring (bicyclic) bond motifs is 1. The van der Waals surface area contributed by atoms with Crippen LogP contribution < -0.4 is 5.32 Å². The number of para-hydroxylation sites is 1. The van der Waals surface area contributed by atoms with Crippen molar-refractivity contribution < 1.29 is 14.7 Å². The van der Waals surface area contributed by atoms with E-state index in [0.717, 1.165) is 10.9 Å². The normalized spacial score (nSPS) is 12.2. The topological polar surface area (TPSA) is 82.2 Å². The van der Waals surface area contributed by atoms with Crippen LogP contribution >= 0.6 is 11.8 Å². The number of hydrogen-bond donors (Lipinski definition) is 3. The first-order valence-electron chi connectivity index (χ1n) is 6.22. The highest BCUT2D eigenvalue weighted by atomic mass is 32.2. The van der Waals surface area contributed by atoms with Crippen LogP contribution in [0.2, 0.25) is 0 Å². The molecule has 6 heteroatoms. The van der Waals surface area contributed by atoms with Gasteiger partial charge in [0.2, 0.25) is 0 Å². The Morgan fingerprint density at radius 3 is 2.85 bits per heavy atom. The van der Waals surface area contributed by atoms with Crippen molar-refractivity contribution in [2.45, 2.75) is 12.5 Å². The van der Waals surface area contributed by atoms with E-state index in [9.17, 15) is 9.59 Å². The Labute approximate surface area is 120 Å². The van der Waals surface area contributed by atoms with E-state index in [-0.39, 0.29) is 5.91 Å². The molecule has 5 nitrogen and oxygen atoms in total. The first-order valence-corrected chi connectivity index (χ1v) is 7.61. The molecule has 0 radical (unpaired) electrons. The van der Waals surface area contributed by atoms with Crippen molar-refractivity contribution in [2.75, 3.05) is 12.0 Å². The van der Waals surface area contributed by atoms with Crippen LogP contribution in [0.25, 0.3) is 10.9 Å². The van der Waals surface area contributed by atoms with Gasteiger partial charge >= 0.3 is 5.97 Å². The van der Waals surface area contributed by atoms with Crippen molar-refractivity contribution >= 4 is 34.5 Å². The first kappa shape index (κ1) is 14.5. The lowest BCUT2D eigenvalue weighted by atomic mass is 10.1. The molecule has 1 atom stereocenters. The maximum atomic E-state index is 12.2. The number of carbonyl (C=O) groups excluding carboxylic acids is 1. The zero-order chi connectivity index (χ0) is 14.5. The Balaban J connectivity index is 2.16. The Kier molecular flexibility index (Phi) is 4.68. The number of carboxylic acids is 1. The van der Waals surface area contributed by atoms with E-state index in [0.29, 0.717) is 17.7 Å². The van der Waals surface area contributed by atoms with Crippen molar-refractivity contribution in [2.24, 2.45) is 0 Å². The Morgan fingerprint density at radius 1 is 1.40 bits per heavy atom. The van der Waals surface area contributed by atoms with Gasteiger partial charge in [-0.25, -0.2) is 4.79 Å². The number of amides is 1. The monoisotopic (exact) mass is 292 g/mol. The summed E-state index contributed by atoms with van der Waals surface area (Å²) in [4.78, 5) is 26.3. The summed E-state index contributed by atoms with van der Waals surface area (Å²) in [6.07, 6.45) is 3.92. The van der Waals surface area contributed by atoms with Crippen molar-refractivity contribution in [3.63, 3.8) is 0 Å². The highest BCUT2D eigenvalue weighted by Gasteiger charge is 2.21. The van der Waals surface area contributed by atoms with Crippen LogP contribution in [-0.4, -0.2) is 40.0 Å². The smallest absolute Gasteiger partial charge is 0.326 e. The molecule has 0 saturated carbocycles. The minimum Gasteiger partial charge on any atom is -0.480 e. The Morgan fingerprint density at radius 2 is 2.15 bits per heavy atom. The summed E-state index contributed by atoms with van der Waals surface area (Å²) in [6.45, 7) is 0. The molecule has 0 aliphatic heterocycles. The maximum absolute atomic E-state index is 12.2. The second-order valence-corrected chi connectivity index (χ2v) is 5.38. The average Bonchev–Trinajstić information content (AvgIpc) is 2.87. The molecule has 106 valence electrons. The SMILES string of the molecule is CSCCC(NC(=O)c1c[nH]c2ccccc12)C(=O)O. The summed E-state index contributed by atoms with van der Waals surface area (Å²) in [6, 6.07) is 6.56. The van der Waals surface area contributed by atoms with Crippen molar-refractivity contribution in [1.29, 1.82) is 0 Å². The molecule has 0 aliphatic carbocycles. The van der Waals surface area contributed by atoms with E-state index >= 15 is 0 Å². The molecule has 1 unspecified atom stereocenters. The van der Waals surface area contributed by atoms with Gasteiger partial charge in [-0.1, -0.05) is 18.2 Å². The standard InChI is InChI=1S/C14H16N2O3S/c1-20-7-6-12(14(18)19)16-13(17)10-8-15-11-5-3-2-4-9(10)11/h2-5,8,12,15H,6-7H2,1H3,(H,16,17)(H,18,19). The molecule has 0 fully saturated rings. The summed E-state index contributed by atoms with van der Waals surface area (Å²) in [5, 5.41) is 12.5. The summed E-state index contributed by atoms with van der Waals surface area (Å²) < 4.78 is 0. The quantitative estimate of drug-likeness (QED) is 0.761. The summed E-state index contributed by atoms with van der Waals surface area (Å²) >= 11 is 1.55. The Bertz CT molecular complexity index is 624. The van der Waals surface area contributed by atoms with Crippen LogP contribution in [0, 0.1) is 0 Å². The number of nitrogens with one attached hydrogen (secondary N) is 2. The minimum absolute atomic E-state index is 0.365. The predicted molar refractivity (Wildman–Crippen MR) is 80.2 cm³/mol. The molecule has 0 aliphatic rings. The maximum Gasteiger partial charge on any atom is 0.326 e. The molecule has 20 heavy (non-hydrogen) atoms. The molecule has 1 aromatic heterocycles. The summed E-state index contributed by atoms with van der Waals surface area (Å²) in [5.41, 5.74) is 1.32. The van der Waals surface area contributed by atoms with Crippen molar-refractivity contribution in [3.05, 3.63) is 36.0 Å². The third-order valence-electron chi connectivity index (χ3n) is 3.05. The van der Waals surface area contributed by atoms with Gasteiger partial charge in [0.1, 0.15) is 6.04 Å². The van der Waals surface area contributed by atoms with Crippen LogP contribution in [-0.2, 0) is 4.79 Å². The predicted octanol–water partition coefficient (Wildman–Crippen LogP) is 2.10. The van der Waals surface area contributed by atoms with Crippen LogP contribution in [0.4, 0.5) is 0 Å². The zero-order valence-corrected chi connectivity index (χ0v) is 11.9. The lowest BCUT2D eigenvalue weighted by molar-refractivity contribution is -0.139. The molecule has 2 rings (SSSR count). The molecule has 1 aromatic carbocycles. The highest BCUT2D eigenvalue weighted by Crippen LogP contribution is 2.17. The number of benzene rings is 1. The lowest BCUT2D eigenvalue weighted by Gasteiger charge is -2.13. The molecule has 1 heterocycles. The average molecular weight is 292 g/mol. The van der Waals surface area contributed by atoms with Crippen molar-refractivity contribution in [3.8, 4) is 0 Å². The molecule has 1 amide bonds. The Hall–Kier alpha value is -1.95. The third-order valence-corrected chi connectivity index (χ3v) is 3.69. The molecule has 2 aromatic rings. The van der Waals surface area contributed by atoms with E-state index in [1.807, 2.05) is 30.5 Å². The third kappa shape index (κ3) is 3.14. The van der Waals surface area contributed by atoms with E-state index in [4.69, 9.17) is 5.11 Å². The number of H-pyrrole nitrogens is 1. The second kappa shape index (κ2) is 6.47. The van der Waals surface area contributed by atoms with Gasteiger partial charge in [-0.2, -0.15) is 11.8 Å². The van der Waals surface area contributed by atoms with Crippen molar-refractivity contribution in [1.82, 2.24) is 10.3 Å². The van der Waals surface area contributed by atoms with Gasteiger partial charge in [-0.15, -0.1) is 0 Å². The van der Waals surface area contributed by atoms with Gasteiger partial charge in [0, 0.05) is 17.1 Å². The number of aromatic amines is 1. The van der Waals surface area contributed by atoms with Crippen LogP contribution in [0.15, 0.2) is 30.5 Å². The van der Waals surface area contributed by atoms with E-state index in [2.05, 4.69) is 10.3 Å². The van der Waals surface area contributed by atoms with Crippen LogP contribution in [0.1, 0.15) is 16.8 Å². The summed E-state index contributed by atoms with van der Waals surface area (Å²) in [7, 11) is 0. The fourth-order valence-corrected chi connectivity index (χ4v) is 2.46. The molecule has 3 N–H and O–H groups in total. The van der Waals surface area contributed by atoms with E-state index in [1.54, 1.807) is 18.0 Å². The zero-order valence-electron chi connectivity index (χ0n) is 11.1. The van der Waals surface area contributed by atoms with Gasteiger partial charge in [-0.05, 0) is 24.5 Å². The number of rotatable bonds is 6. The van der Waals surface area contributed by atoms with Crippen LogP contribution in [0.5, 0.6) is 0 Å². The molecule has 0 bridgehead atoms. The summed E-state index contributed by atoms with van der Waals surface area (Å²) in [5.74, 6) is -0.686. The molecular formula is C14H16N2O3S. The largest absolute Gasteiger partial charge is 0.480 e. The lowest BCUT2D eigenvalue weighted by Crippen LogP contribution is -2.41. The van der Waals surface area contributed by atoms with Gasteiger partial charge in [-0.3, -0.25) is 4.79 Å². The van der Waals surface area contributed by atoms with Gasteiger partial charge in [0.15, 0.2) is 0 Å². The number of aromatic nitrogens is 1. The van der Waals surface area contributed by atoms with Gasteiger partial charge < -0.3 is 15.4 Å². The highest BCUT2D eigenvalue weighted by molar-refractivity contribution is 7.98. The first-order chi connectivity index (χ1) is 9.63. The fourth-order valence-electron chi connectivity index (χ4n) is 1.99. The molecule has 0 spiro atoms. The van der Waals surface area contributed by atoms with Crippen LogP contribution in [0.3, 0.4) is 0 Å². The van der Waals surface area contributed by atoms with Gasteiger partial charge in [0.05, 0.1) is 5.56 Å². The number of thioether (sulfide) groups is 1. The minimum atomic E-state index is -1.01. The van der Waals surface area contributed by atoms with E-state index < -0.39 is 12.0 Å². The molecular weight excluding hydrogens is 276 g/mol. The van der Waals surface area contributed by atoms with E-state index in [1.165, 1.54) is 0 Å².